The lowest BCUT2D eigenvalue weighted by Gasteiger charge is -2.11. The van der Waals surface area contributed by atoms with Crippen molar-refractivity contribution in [2.24, 2.45) is 0 Å². The summed E-state index contributed by atoms with van der Waals surface area (Å²) in [5.74, 6) is 0. The number of hydrogen-bond donors (Lipinski definition) is 1. The minimum atomic E-state index is -0.425. The fourth-order valence-corrected chi connectivity index (χ4v) is 1.91. The second kappa shape index (κ2) is 17.2. The van der Waals surface area contributed by atoms with Crippen LogP contribution in [0.3, 0.4) is 0 Å². The molecule has 0 aliphatic heterocycles. The highest BCUT2D eigenvalue weighted by Crippen LogP contribution is 2.02. The SMILES string of the molecule is CCCCC/C=C\CC(O)/C=C/C=C/C=C\C(OCC)OCC. The van der Waals surface area contributed by atoms with Gasteiger partial charge in [0.15, 0.2) is 6.29 Å². The van der Waals surface area contributed by atoms with Crippen molar-refractivity contribution in [2.45, 2.75) is 65.3 Å². The average molecular weight is 322 g/mol. The van der Waals surface area contributed by atoms with Crippen LogP contribution in [0.2, 0.25) is 0 Å². The molecule has 0 heterocycles. The summed E-state index contributed by atoms with van der Waals surface area (Å²) in [6.07, 6.45) is 20.2. The Kier molecular flexibility index (Phi) is 16.3. The van der Waals surface area contributed by atoms with E-state index in [1.165, 1.54) is 19.3 Å². The Bertz CT molecular complexity index is 350. The third-order valence-corrected chi connectivity index (χ3v) is 3.12. The normalized spacial score (nSPS) is 14.3. The topological polar surface area (TPSA) is 38.7 Å². The molecule has 0 aromatic rings. The van der Waals surface area contributed by atoms with E-state index >= 15 is 0 Å². The van der Waals surface area contributed by atoms with Crippen LogP contribution in [-0.2, 0) is 9.47 Å². The van der Waals surface area contributed by atoms with Crippen molar-refractivity contribution in [1.82, 2.24) is 0 Å². The van der Waals surface area contributed by atoms with Crippen LogP contribution >= 0.6 is 0 Å². The molecule has 1 N–H and O–H groups in total. The first-order valence-electron chi connectivity index (χ1n) is 8.82. The van der Waals surface area contributed by atoms with E-state index in [0.29, 0.717) is 19.6 Å². The molecule has 3 heteroatoms. The van der Waals surface area contributed by atoms with Crippen molar-refractivity contribution in [2.75, 3.05) is 13.2 Å². The molecule has 0 amide bonds. The molecule has 23 heavy (non-hydrogen) atoms. The van der Waals surface area contributed by atoms with Gasteiger partial charge in [-0.05, 0) is 39.2 Å². The lowest BCUT2D eigenvalue weighted by Crippen LogP contribution is -2.13. The Morgan fingerprint density at radius 1 is 0.826 bits per heavy atom. The van der Waals surface area contributed by atoms with Gasteiger partial charge in [-0.25, -0.2) is 0 Å². The van der Waals surface area contributed by atoms with Crippen molar-refractivity contribution in [3.63, 3.8) is 0 Å². The van der Waals surface area contributed by atoms with Crippen LogP contribution in [0, 0.1) is 0 Å². The molecule has 0 aromatic carbocycles. The molecular formula is C20H34O3. The zero-order chi connectivity index (χ0) is 17.2. The molecule has 0 saturated carbocycles. The van der Waals surface area contributed by atoms with Crippen molar-refractivity contribution in [1.29, 1.82) is 0 Å². The van der Waals surface area contributed by atoms with Gasteiger partial charge >= 0.3 is 0 Å². The zero-order valence-corrected chi connectivity index (χ0v) is 15.0. The second-order valence-corrected chi connectivity index (χ2v) is 5.20. The van der Waals surface area contributed by atoms with E-state index in [4.69, 9.17) is 9.47 Å². The zero-order valence-electron chi connectivity index (χ0n) is 15.0. The second-order valence-electron chi connectivity index (χ2n) is 5.20. The number of aliphatic hydroxyl groups excluding tert-OH is 1. The largest absolute Gasteiger partial charge is 0.389 e. The summed E-state index contributed by atoms with van der Waals surface area (Å²) in [4.78, 5) is 0. The summed E-state index contributed by atoms with van der Waals surface area (Å²) in [7, 11) is 0. The van der Waals surface area contributed by atoms with E-state index in [0.717, 1.165) is 6.42 Å². The Balaban J connectivity index is 3.92. The van der Waals surface area contributed by atoms with E-state index in [2.05, 4.69) is 19.1 Å². The maximum Gasteiger partial charge on any atom is 0.177 e. The van der Waals surface area contributed by atoms with Gasteiger partial charge in [0, 0.05) is 13.2 Å². The number of aliphatic hydroxyl groups is 1. The van der Waals surface area contributed by atoms with E-state index in [-0.39, 0.29) is 6.29 Å². The third-order valence-electron chi connectivity index (χ3n) is 3.12. The van der Waals surface area contributed by atoms with Gasteiger partial charge in [0.2, 0.25) is 0 Å². The summed E-state index contributed by atoms with van der Waals surface area (Å²) < 4.78 is 10.8. The van der Waals surface area contributed by atoms with Crippen molar-refractivity contribution < 1.29 is 14.6 Å². The first-order chi connectivity index (χ1) is 11.2. The molecule has 0 bridgehead atoms. The van der Waals surface area contributed by atoms with Crippen LogP contribution in [0.4, 0.5) is 0 Å². The molecule has 1 atom stereocenters. The molecule has 0 fully saturated rings. The maximum atomic E-state index is 9.81. The molecule has 132 valence electrons. The van der Waals surface area contributed by atoms with Gasteiger partial charge in [-0.15, -0.1) is 0 Å². The van der Waals surface area contributed by atoms with Gasteiger partial charge in [-0.2, -0.15) is 0 Å². The fraction of sp³-hybridized carbons (Fsp3) is 0.600. The van der Waals surface area contributed by atoms with Crippen LogP contribution in [0.15, 0.2) is 48.6 Å². The highest BCUT2D eigenvalue weighted by Gasteiger charge is 2.00. The number of rotatable bonds is 14. The van der Waals surface area contributed by atoms with Gasteiger partial charge < -0.3 is 14.6 Å². The minimum Gasteiger partial charge on any atom is -0.389 e. The highest BCUT2D eigenvalue weighted by atomic mass is 16.7. The van der Waals surface area contributed by atoms with Gasteiger partial charge in [0.25, 0.3) is 0 Å². The minimum absolute atomic E-state index is 0.290. The predicted molar refractivity (Wildman–Crippen MR) is 98.4 cm³/mol. The van der Waals surface area contributed by atoms with Crippen LogP contribution in [-0.4, -0.2) is 30.7 Å². The van der Waals surface area contributed by atoms with Crippen LogP contribution in [0.1, 0.15) is 52.9 Å². The van der Waals surface area contributed by atoms with Gasteiger partial charge in [-0.1, -0.05) is 62.3 Å². The predicted octanol–water partition coefficient (Wildman–Crippen LogP) is 4.94. The number of hydrogen-bond acceptors (Lipinski definition) is 3. The molecule has 0 aliphatic carbocycles. The summed E-state index contributed by atoms with van der Waals surface area (Å²) >= 11 is 0. The van der Waals surface area contributed by atoms with E-state index < -0.39 is 6.10 Å². The lowest BCUT2D eigenvalue weighted by molar-refractivity contribution is -0.103. The van der Waals surface area contributed by atoms with Crippen LogP contribution < -0.4 is 0 Å². The third kappa shape index (κ3) is 15.5. The molecule has 0 aliphatic rings. The molecule has 0 aromatic heterocycles. The van der Waals surface area contributed by atoms with Crippen LogP contribution in [0.25, 0.3) is 0 Å². The Hall–Kier alpha value is -1.16. The molecule has 0 spiro atoms. The summed E-state index contributed by atoms with van der Waals surface area (Å²) in [6, 6.07) is 0. The Labute approximate surface area is 142 Å². The van der Waals surface area contributed by atoms with E-state index in [1.54, 1.807) is 6.08 Å². The average Bonchev–Trinajstić information content (AvgIpc) is 2.54. The van der Waals surface area contributed by atoms with E-state index in [9.17, 15) is 5.11 Å². The molecular weight excluding hydrogens is 288 g/mol. The van der Waals surface area contributed by atoms with Crippen LogP contribution in [0.5, 0.6) is 0 Å². The first-order valence-corrected chi connectivity index (χ1v) is 8.82. The summed E-state index contributed by atoms with van der Waals surface area (Å²) in [5.41, 5.74) is 0. The monoisotopic (exact) mass is 322 g/mol. The van der Waals surface area contributed by atoms with Crippen molar-refractivity contribution >= 4 is 0 Å². The highest BCUT2D eigenvalue weighted by molar-refractivity contribution is 5.13. The van der Waals surface area contributed by atoms with Gasteiger partial charge in [0.05, 0.1) is 6.10 Å². The summed E-state index contributed by atoms with van der Waals surface area (Å²) in [6.45, 7) is 7.33. The molecule has 1 unspecified atom stereocenters. The Morgan fingerprint density at radius 3 is 2.09 bits per heavy atom. The quantitative estimate of drug-likeness (QED) is 0.213. The summed E-state index contributed by atoms with van der Waals surface area (Å²) in [5, 5.41) is 9.81. The molecule has 3 nitrogen and oxygen atoms in total. The number of unbranched alkanes of at least 4 members (excludes halogenated alkanes) is 3. The first kappa shape index (κ1) is 21.8. The molecule has 0 rings (SSSR count). The van der Waals surface area contributed by atoms with Crippen molar-refractivity contribution in [3.05, 3.63) is 48.6 Å². The maximum absolute atomic E-state index is 9.81. The van der Waals surface area contributed by atoms with Gasteiger partial charge in [0.1, 0.15) is 0 Å². The number of ether oxygens (including phenoxy) is 2. The lowest BCUT2D eigenvalue weighted by atomic mass is 10.1. The standard InChI is InChI=1S/C20H34O3/c1-4-7-8-9-10-13-16-19(21)17-14-11-12-15-18-20(22-5-2)23-6-3/h10-15,17-21H,4-9,16H2,1-3H3/b12-11+,13-10-,17-14+,18-15-. The fourth-order valence-electron chi connectivity index (χ4n) is 1.91. The molecule has 0 radical (unpaired) electrons. The van der Waals surface area contributed by atoms with Gasteiger partial charge in [-0.3, -0.25) is 0 Å². The Morgan fingerprint density at radius 2 is 1.48 bits per heavy atom. The molecule has 0 saturated heterocycles. The smallest absolute Gasteiger partial charge is 0.177 e. The van der Waals surface area contributed by atoms with E-state index in [1.807, 2.05) is 44.2 Å². The number of allylic oxidation sites excluding steroid dienone is 5. The van der Waals surface area contributed by atoms with Crippen molar-refractivity contribution in [3.8, 4) is 0 Å².